The number of para-hydroxylation sites is 1. The summed E-state index contributed by atoms with van der Waals surface area (Å²) in [6.45, 7) is -0.0115. The highest BCUT2D eigenvalue weighted by molar-refractivity contribution is 6.34. The first-order chi connectivity index (χ1) is 11.7. The molecule has 0 fully saturated rings. The average molecular weight is 317 g/mol. The molecule has 2 aromatic carbocycles. The minimum Gasteiger partial charge on any atom is -0.457 e. The van der Waals surface area contributed by atoms with E-state index in [1.165, 1.54) is 0 Å². The summed E-state index contributed by atoms with van der Waals surface area (Å²) >= 11 is 0. The molecule has 0 saturated heterocycles. The quantitative estimate of drug-likeness (QED) is 0.719. The Hall–Kier alpha value is -3.11. The van der Waals surface area contributed by atoms with Crippen molar-refractivity contribution in [2.75, 3.05) is 5.32 Å². The van der Waals surface area contributed by atoms with Crippen LogP contribution < -0.4 is 5.32 Å². The number of benzene rings is 2. The minimum absolute atomic E-state index is 0.0115. The Kier molecular flexibility index (Phi) is 3.52. The van der Waals surface area contributed by atoms with Crippen LogP contribution in [0.5, 0.6) is 0 Å². The summed E-state index contributed by atoms with van der Waals surface area (Å²) in [4.78, 5) is 12.1. The molecule has 118 valence electrons. The molecule has 2 N–H and O–H groups in total. The van der Waals surface area contributed by atoms with Crippen LogP contribution in [0.4, 0.5) is 5.69 Å². The number of nitrogens with one attached hydrogen (secondary N) is 1. The standard InChI is InChI=1S/C20H15NO3/c22-12-13-4-3-5-14(10-13)19-9-8-15(24-19)11-17-16-6-1-2-7-18(16)21-20(17)23/h1-11,22H,12H2,(H,21,23)/b17-11+. The third-order valence-corrected chi connectivity index (χ3v) is 4.02. The summed E-state index contributed by atoms with van der Waals surface area (Å²) in [6.07, 6.45) is 1.75. The largest absolute Gasteiger partial charge is 0.457 e. The zero-order chi connectivity index (χ0) is 16.5. The van der Waals surface area contributed by atoms with Crippen LogP contribution in [0.2, 0.25) is 0 Å². The van der Waals surface area contributed by atoms with Crippen LogP contribution in [0.25, 0.3) is 23.0 Å². The maximum atomic E-state index is 12.1. The monoisotopic (exact) mass is 317 g/mol. The first-order valence-corrected chi connectivity index (χ1v) is 7.67. The van der Waals surface area contributed by atoms with E-state index >= 15 is 0 Å². The average Bonchev–Trinajstić information content (AvgIpc) is 3.20. The molecule has 1 aromatic heterocycles. The van der Waals surface area contributed by atoms with E-state index in [0.717, 1.165) is 22.4 Å². The van der Waals surface area contributed by atoms with E-state index in [1.807, 2.05) is 60.7 Å². The maximum absolute atomic E-state index is 12.1. The molecule has 0 spiro atoms. The zero-order valence-electron chi connectivity index (χ0n) is 12.8. The summed E-state index contributed by atoms with van der Waals surface area (Å²) in [7, 11) is 0. The fraction of sp³-hybridized carbons (Fsp3) is 0.0500. The third-order valence-electron chi connectivity index (χ3n) is 4.02. The van der Waals surface area contributed by atoms with Crippen molar-refractivity contribution in [3.63, 3.8) is 0 Å². The summed E-state index contributed by atoms with van der Waals surface area (Å²) < 4.78 is 5.86. The molecule has 0 unspecified atom stereocenters. The second-order valence-corrected chi connectivity index (χ2v) is 5.62. The number of furan rings is 1. The molecule has 3 aromatic rings. The molecule has 0 radical (unpaired) electrons. The molecule has 24 heavy (non-hydrogen) atoms. The zero-order valence-corrected chi connectivity index (χ0v) is 12.8. The van der Waals surface area contributed by atoms with Gasteiger partial charge in [-0.2, -0.15) is 0 Å². The SMILES string of the molecule is O=C1Nc2ccccc2/C1=C\c1ccc(-c2cccc(CO)c2)o1. The van der Waals surface area contributed by atoms with Crippen LogP contribution in [0.3, 0.4) is 0 Å². The van der Waals surface area contributed by atoms with Crippen LogP contribution in [0, 0.1) is 0 Å². The van der Waals surface area contributed by atoms with Gasteiger partial charge in [0.2, 0.25) is 0 Å². The molecule has 2 heterocycles. The lowest BCUT2D eigenvalue weighted by molar-refractivity contribution is -0.110. The molecule has 4 nitrogen and oxygen atoms in total. The molecule has 1 aliphatic heterocycles. The number of anilines is 1. The van der Waals surface area contributed by atoms with Gasteiger partial charge in [0, 0.05) is 16.8 Å². The number of carbonyl (C=O) groups is 1. The number of rotatable bonds is 3. The fourth-order valence-electron chi connectivity index (χ4n) is 2.83. The van der Waals surface area contributed by atoms with Gasteiger partial charge in [0.25, 0.3) is 5.91 Å². The summed E-state index contributed by atoms with van der Waals surface area (Å²) in [5.74, 6) is 1.18. The van der Waals surface area contributed by atoms with Gasteiger partial charge in [0.1, 0.15) is 11.5 Å². The van der Waals surface area contributed by atoms with Gasteiger partial charge in [-0.3, -0.25) is 4.79 Å². The highest BCUT2D eigenvalue weighted by Gasteiger charge is 2.23. The number of aliphatic hydroxyl groups is 1. The van der Waals surface area contributed by atoms with Crippen molar-refractivity contribution < 1.29 is 14.3 Å². The number of hydrogen-bond donors (Lipinski definition) is 2. The van der Waals surface area contributed by atoms with E-state index in [9.17, 15) is 9.90 Å². The predicted molar refractivity (Wildman–Crippen MR) is 93.0 cm³/mol. The summed E-state index contributed by atoms with van der Waals surface area (Å²) in [6, 6.07) is 18.8. The number of aliphatic hydroxyl groups excluding tert-OH is 1. The number of fused-ring (bicyclic) bond motifs is 1. The van der Waals surface area contributed by atoms with E-state index in [0.29, 0.717) is 17.1 Å². The highest BCUT2D eigenvalue weighted by atomic mass is 16.3. The van der Waals surface area contributed by atoms with Crippen molar-refractivity contribution in [2.45, 2.75) is 6.61 Å². The van der Waals surface area contributed by atoms with E-state index in [4.69, 9.17) is 4.42 Å². The summed E-state index contributed by atoms with van der Waals surface area (Å²) in [5, 5.41) is 12.1. The minimum atomic E-state index is -0.128. The lowest BCUT2D eigenvalue weighted by Crippen LogP contribution is -2.03. The van der Waals surface area contributed by atoms with Gasteiger partial charge in [-0.05, 0) is 35.9 Å². The Labute approximate surface area is 139 Å². The van der Waals surface area contributed by atoms with Gasteiger partial charge in [0.15, 0.2) is 0 Å². The molecule has 1 aliphatic rings. The van der Waals surface area contributed by atoms with Crippen LogP contribution in [0.15, 0.2) is 65.1 Å². The highest BCUT2D eigenvalue weighted by Crippen LogP contribution is 2.33. The lowest BCUT2D eigenvalue weighted by Gasteiger charge is -2.00. The van der Waals surface area contributed by atoms with Crippen LogP contribution in [-0.4, -0.2) is 11.0 Å². The topological polar surface area (TPSA) is 62.5 Å². The first kappa shape index (κ1) is 14.5. The van der Waals surface area contributed by atoms with Crippen LogP contribution in [-0.2, 0) is 11.4 Å². The van der Waals surface area contributed by atoms with Crippen molar-refractivity contribution in [1.82, 2.24) is 0 Å². The van der Waals surface area contributed by atoms with Gasteiger partial charge in [0.05, 0.1) is 12.2 Å². The lowest BCUT2D eigenvalue weighted by atomic mass is 10.1. The van der Waals surface area contributed by atoms with Crippen molar-refractivity contribution >= 4 is 23.2 Å². The second-order valence-electron chi connectivity index (χ2n) is 5.62. The smallest absolute Gasteiger partial charge is 0.256 e. The molecule has 0 bridgehead atoms. The molecule has 0 saturated carbocycles. The molecule has 4 rings (SSSR count). The number of hydrogen-bond acceptors (Lipinski definition) is 3. The maximum Gasteiger partial charge on any atom is 0.256 e. The Morgan fingerprint density at radius 3 is 2.79 bits per heavy atom. The molecule has 4 heteroatoms. The molecule has 0 atom stereocenters. The van der Waals surface area contributed by atoms with Crippen molar-refractivity contribution in [3.8, 4) is 11.3 Å². The van der Waals surface area contributed by atoms with E-state index in [1.54, 1.807) is 6.08 Å². The summed E-state index contributed by atoms with van der Waals surface area (Å²) in [5.41, 5.74) is 4.00. The van der Waals surface area contributed by atoms with Crippen LogP contribution in [0.1, 0.15) is 16.9 Å². The number of carbonyl (C=O) groups excluding carboxylic acids is 1. The predicted octanol–water partition coefficient (Wildman–Crippen LogP) is 3.93. The first-order valence-electron chi connectivity index (χ1n) is 7.67. The molecule has 1 amide bonds. The Morgan fingerprint density at radius 1 is 1.04 bits per heavy atom. The van der Waals surface area contributed by atoms with Crippen molar-refractivity contribution in [2.24, 2.45) is 0 Å². The Balaban J connectivity index is 1.70. The molecule has 0 aliphatic carbocycles. The van der Waals surface area contributed by atoms with E-state index < -0.39 is 0 Å². The van der Waals surface area contributed by atoms with E-state index in [2.05, 4.69) is 5.32 Å². The third kappa shape index (κ3) is 2.53. The van der Waals surface area contributed by atoms with Gasteiger partial charge in [-0.15, -0.1) is 0 Å². The van der Waals surface area contributed by atoms with Gasteiger partial charge in [-0.1, -0.05) is 36.4 Å². The van der Waals surface area contributed by atoms with E-state index in [-0.39, 0.29) is 12.5 Å². The molecular formula is C20H15NO3. The fourth-order valence-corrected chi connectivity index (χ4v) is 2.83. The Bertz CT molecular complexity index is 953. The Morgan fingerprint density at radius 2 is 1.92 bits per heavy atom. The second kappa shape index (κ2) is 5.83. The van der Waals surface area contributed by atoms with Gasteiger partial charge in [-0.25, -0.2) is 0 Å². The molecular weight excluding hydrogens is 302 g/mol. The van der Waals surface area contributed by atoms with Crippen LogP contribution >= 0.6 is 0 Å². The normalized spacial score (nSPS) is 14.7. The van der Waals surface area contributed by atoms with Crippen molar-refractivity contribution in [3.05, 3.63) is 77.6 Å². The van der Waals surface area contributed by atoms with Gasteiger partial charge >= 0.3 is 0 Å². The van der Waals surface area contributed by atoms with Gasteiger partial charge < -0.3 is 14.8 Å². The number of amides is 1. The van der Waals surface area contributed by atoms with Crippen molar-refractivity contribution in [1.29, 1.82) is 0 Å².